The Balaban J connectivity index is 2.15. The molecule has 0 saturated carbocycles. The molecule has 0 amide bonds. The Bertz CT molecular complexity index is 650. The maximum Gasteiger partial charge on any atom is 0.335 e. The largest absolute Gasteiger partial charge is 0.489 e. The monoisotopic (exact) mass is 334 g/mol. The lowest BCUT2D eigenvalue weighted by atomic mass is 10.1. The summed E-state index contributed by atoms with van der Waals surface area (Å²) in [5.74, 6) is -0.0931. The van der Waals surface area contributed by atoms with Crippen molar-refractivity contribution in [2.24, 2.45) is 0 Å². The van der Waals surface area contributed by atoms with Gasteiger partial charge in [0.25, 0.3) is 0 Å². The van der Waals surface area contributed by atoms with Crippen LogP contribution in [0, 0.1) is 13.8 Å². The molecule has 0 aliphatic heterocycles. The Morgan fingerprint density at radius 1 is 1.15 bits per heavy atom. The minimum atomic E-state index is -0.914. The van der Waals surface area contributed by atoms with Crippen molar-refractivity contribution < 1.29 is 14.6 Å². The maximum atomic E-state index is 10.9. The predicted molar refractivity (Wildman–Crippen MR) is 81.3 cm³/mol. The summed E-state index contributed by atoms with van der Waals surface area (Å²) in [6, 6.07) is 10.9. The van der Waals surface area contributed by atoms with Crippen LogP contribution >= 0.6 is 15.9 Å². The first-order chi connectivity index (χ1) is 9.47. The molecule has 0 aliphatic rings. The van der Waals surface area contributed by atoms with Crippen LogP contribution in [-0.2, 0) is 6.61 Å². The molecule has 1 N–H and O–H groups in total. The summed E-state index contributed by atoms with van der Waals surface area (Å²) >= 11 is 3.42. The summed E-state index contributed by atoms with van der Waals surface area (Å²) in [5.41, 5.74) is 3.25. The number of ether oxygens (including phenoxy) is 1. The zero-order valence-corrected chi connectivity index (χ0v) is 12.9. The van der Waals surface area contributed by atoms with Gasteiger partial charge >= 0.3 is 5.97 Å². The smallest absolute Gasteiger partial charge is 0.335 e. The van der Waals surface area contributed by atoms with E-state index in [1.807, 2.05) is 32.0 Å². The number of carboxylic acids is 1. The van der Waals surface area contributed by atoms with Gasteiger partial charge in [-0.3, -0.25) is 0 Å². The molecule has 0 spiro atoms. The van der Waals surface area contributed by atoms with Crippen molar-refractivity contribution in [2.75, 3.05) is 0 Å². The van der Waals surface area contributed by atoms with E-state index in [-0.39, 0.29) is 0 Å². The molecule has 0 heterocycles. The maximum absolute atomic E-state index is 10.9. The fourth-order valence-electron chi connectivity index (χ4n) is 1.88. The number of carbonyl (C=O) groups is 1. The third-order valence-corrected chi connectivity index (χ3v) is 3.62. The van der Waals surface area contributed by atoms with Gasteiger partial charge in [-0.1, -0.05) is 28.1 Å². The van der Waals surface area contributed by atoms with Crippen LogP contribution in [0.4, 0.5) is 0 Å². The van der Waals surface area contributed by atoms with E-state index in [1.165, 1.54) is 0 Å². The van der Waals surface area contributed by atoms with Gasteiger partial charge < -0.3 is 9.84 Å². The Morgan fingerprint density at radius 3 is 2.55 bits per heavy atom. The summed E-state index contributed by atoms with van der Waals surface area (Å²) in [6.45, 7) is 4.30. The molecule has 0 fully saturated rings. The first kappa shape index (κ1) is 14.6. The van der Waals surface area contributed by atoms with Crippen molar-refractivity contribution in [3.05, 3.63) is 63.1 Å². The van der Waals surface area contributed by atoms with Crippen molar-refractivity contribution >= 4 is 21.9 Å². The molecule has 0 atom stereocenters. The summed E-state index contributed by atoms with van der Waals surface area (Å²) in [5, 5.41) is 8.94. The normalized spacial score (nSPS) is 10.3. The van der Waals surface area contributed by atoms with Gasteiger partial charge in [0.2, 0.25) is 0 Å². The van der Waals surface area contributed by atoms with E-state index in [0.717, 1.165) is 26.9 Å². The first-order valence-electron chi connectivity index (χ1n) is 6.19. The van der Waals surface area contributed by atoms with Crippen LogP contribution in [0.2, 0.25) is 0 Å². The van der Waals surface area contributed by atoms with Crippen molar-refractivity contribution in [3.63, 3.8) is 0 Å². The third kappa shape index (κ3) is 3.39. The zero-order valence-electron chi connectivity index (χ0n) is 11.3. The molecule has 2 rings (SSSR count). The molecule has 0 aromatic heterocycles. The molecule has 20 heavy (non-hydrogen) atoms. The molecule has 0 radical (unpaired) electrons. The van der Waals surface area contributed by atoms with E-state index in [4.69, 9.17) is 9.84 Å². The summed E-state index contributed by atoms with van der Waals surface area (Å²) in [4.78, 5) is 10.9. The fourth-order valence-corrected chi connectivity index (χ4v) is 2.22. The van der Waals surface area contributed by atoms with E-state index >= 15 is 0 Å². The van der Waals surface area contributed by atoms with E-state index in [2.05, 4.69) is 15.9 Å². The van der Waals surface area contributed by atoms with Crippen LogP contribution in [0.3, 0.4) is 0 Å². The lowest BCUT2D eigenvalue weighted by Gasteiger charge is -2.11. The van der Waals surface area contributed by atoms with Crippen LogP contribution in [0.5, 0.6) is 5.75 Å². The van der Waals surface area contributed by atoms with Crippen LogP contribution in [0.15, 0.2) is 40.9 Å². The van der Waals surface area contributed by atoms with Crippen LogP contribution in [0.1, 0.15) is 27.0 Å². The van der Waals surface area contributed by atoms with Gasteiger partial charge in [-0.15, -0.1) is 0 Å². The highest BCUT2D eigenvalue weighted by atomic mass is 79.9. The van der Waals surface area contributed by atoms with Crippen molar-refractivity contribution in [1.29, 1.82) is 0 Å². The molecule has 2 aromatic carbocycles. The van der Waals surface area contributed by atoms with Gasteiger partial charge in [-0.2, -0.15) is 0 Å². The van der Waals surface area contributed by atoms with E-state index < -0.39 is 5.97 Å². The van der Waals surface area contributed by atoms with Gasteiger partial charge in [0.05, 0.1) is 5.56 Å². The average Bonchev–Trinajstić information content (AvgIpc) is 2.40. The number of benzene rings is 2. The molecule has 104 valence electrons. The molecule has 0 unspecified atom stereocenters. The number of halogens is 1. The van der Waals surface area contributed by atoms with E-state index in [0.29, 0.717) is 12.2 Å². The van der Waals surface area contributed by atoms with Crippen LogP contribution in [0.25, 0.3) is 0 Å². The lowest BCUT2D eigenvalue weighted by Crippen LogP contribution is -2.02. The fraction of sp³-hybridized carbons (Fsp3) is 0.188. The molecule has 0 aliphatic carbocycles. The van der Waals surface area contributed by atoms with Crippen molar-refractivity contribution in [2.45, 2.75) is 20.5 Å². The van der Waals surface area contributed by atoms with Gasteiger partial charge in [-0.05, 0) is 54.8 Å². The van der Waals surface area contributed by atoms with Gasteiger partial charge in [-0.25, -0.2) is 4.79 Å². The van der Waals surface area contributed by atoms with Crippen molar-refractivity contribution in [1.82, 2.24) is 0 Å². The molecule has 4 heteroatoms. The molecule has 2 aromatic rings. The average molecular weight is 335 g/mol. The summed E-state index contributed by atoms with van der Waals surface area (Å²) in [7, 11) is 0. The highest BCUT2D eigenvalue weighted by molar-refractivity contribution is 9.10. The summed E-state index contributed by atoms with van der Waals surface area (Å²) in [6.07, 6.45) is 0. The number of hydrogen-bond donors (Lipinski definition) is 1. The zero-order chi connectivity index (χ0) is 14.7. The Labute approximate surface area is 126 Å². The highest BCUT2D eigenvalue weighted by Crippen LogP contribution is 2.24. The lowest BCUT2D eigenvalue weighted by molar-refractivity contribution is 0.0696. The molecule has 3 nitrogen and oxygen atoms in total. The number of aromatic carboxylic acids is 1. The quantitative estimate of drug-likeness (QED) is 0.904. The van der Waals surface area contributed by atoms with Crippen LogP contribution < -0.4 is 4.74 Å². The molecular formula is C16H15BrO3. The first-order valence-corrected chi connectivity index (χ1v) is 6.98. The standard InChI is InChI=1S/C16H15BrO3/c1-10-3-6-14(17)8-15(10)20-9-13-5-4-12(16(18)19)7-11(13)2/h3-8H,9H2,1-2H3,(H,18,19). The van der Waals surface area contributed by atoms with E-state index in [9.17, 15) is 4.79 Å². The van der Waals surface area contributed by atoms with Gasteiger partial charge in [0.15, 0.2) is 0 Å². The predicted octanol–water partition coefficient (Wildman–Crippen LogP) is 4.34. The second-order valence-electron chi connectivity index (χ2n) is 4.64. The number of carboxylic acid groups (broad SMARTS) is 1. The third-order valence-electron chi connectivity index (χ3n) is 3.12. The van der Waals surface area contributed by atoms with Gasteiger partial charge in [0.1, 0.15) is 12.4 Å². The number of rotatable bonds is 4. The number of aryl methyl sites for hydroxylation is 2. The molecule has 0 bridgehead atoms. The van der Waals surface area contributed by atoms with Crippen molar-refractivity contribution in [3.8, 4) is 5.75 Å². The minimum absolute atomic E-state index is 0.296. The Hall–Kier alpha value is -1.81. The Morgan fingerprint density at radius 2 is 1.90 bits per heavy atom. The highest BCUT2D eigenvalue weighted by Gasteiger charge is 2.07. The number of hydrogen-bond acceptors (Lipinski definition) is 2. The minimum Gasteiger partial charge on any atom is -0.489 e. The van der Waals surface area contributed by atoms with E-state index in [1.54, 1.807) is 18.2 Å². The molecule has 0 saturated heterocycles. The van der Waals surface area contributed by atoms with Crippen LogP contribution in [-0.4, -0.2) is 11.1 Å². The second-order valence-corrected chi connectivity index (χ2v) is 5.56. The van der Waals surface area contributed by atoms with Gasteiger partial charge in [0, 0.05) is 4.47 Å². The Kier molecular flexibility index (Phi) is 4.45. The summed E-state index contributed by atoms with van der Waals surface area (Å²) < 4.78 is 6.78. The molecular weight excluding hydrogens is 320 g/mol. The second kappa shape index (κ2) is 6.09. The topological polar surface area (TPSA) is 46.5 Å². The SMILES string of the molecule is Cc1cc(C(=O)O)ccc1COc1cc(Br)ccc1C.